The van der Waals surface area contributed by atoms with Crippen LogP contribution in [0.25, 0.3) is 10.9 Å². The van der Waals surface area contributed by atoms with E-state index in [-0.39, 0.29) is 0 Å². The smallest absolute Gasteiger partial charge is 0.0967 e. The van der Waals surface area contributed by atoms with Crippen molar-refractivity contribution in [1.82, 2.24) is 4.98 Å². The second kappa shape index (κ2) is 4.47. The third-order valence-electron chi connectivity index (χ3n) is 2.03. The molecule has 0 radical (unpaired) electrons. The summed E-state index contributed by atoms with van der Waals surface area (Å²) >= 11 is 1.82. The molecule has 2 aromatic rings. The molecule has 1 heterocycles. The largest absolute Gasteiger partial charge is 0.241 e. The van der Waals surface area contributed by atoms with Crippen LogP contribution >= 0.6 is 11.8 Å². The van der Waals surface area contributed by atoms with E-state index in [0.29, 0.717) is 0 Å². The molecule has 0 atom stereocenters. The fourth-order valence-corrected chi connectivity index (χ4v) is 2.07. The lowest BCUT2D eigenvalue weighted by Gasteiger charge is -2.00. The van der Waals surface area contributed by atoms with Gasteiger partial charge in [-0.15, -0.1) is 11.8 Å². The van der Waals surface area contributed by atoms with Crippen molar-refractivity contribution in [3.05, 3.63) is 36.4 Å². The molecule has 0 aliphatic carbocycles. The summed E-state index contributed by atoms with van der Waals surface area (Å²) in [4.78, 5) is 4.58. The first-order valence-electron chi connectivity index (χ1n) is 4.89. The number of thioether (sulfide) groups is 1. The number of fused-ring (bicyclic) bond motifs is 1. The molecule has 0 aliphatic rings. The highest BCUT2D eigenvalue weighted by atomic mass is 32.2. The van der Waals surface area contributed by atoms with E-state index >= 15 is 0 Å². The average molecular weight is 203 g/mol. The second-order valence-corrected chi connectivity index (χ2v) is 4.31. The third kappa shape index (κ3) is 2.07. The number of pyridine rings is 1. The molecule has 72 valence electrons. The molecule has 2 rings (SSSR count). The summed E-state index contributed by atoms with van der Waals surface area (Å²) < 4.78 is 0. The number of benzene rings is 1. The Balaban J connectivity index is 2.32. The van der Waals surface area contributed by atoms with Crippen LogP contribution in [-0.2, 0) is 0 Å². The SMILES string of the molecule is CCCSc1ccc2ccccc2n1. The van der Waals surface area contributed by atoms with Gasteiger partial charge < -0.3 is 0 Å². The molecule has 1 aromatic heterocycles. The topological polar surface area (TPSA) is 12.9 Å². The Kier molecular flexibility index (Phi) is 3.04. The maximum Gasteiger partial charge on any atom is 0.0967 e. The first-order valence-corrected chi connectivity index (χ1v) is 5.87. The molecule has 0 saturated heterocycles. The first-order chi connectivity index (χ1) is 6.90. The van der Waals surface area contributed by atoms with Gasteiger partial charge in [-0.05, 0) is 24.3 Å². The molecule has 14 heavy (non-hydrogen) atoms. The Morgan fingerprint density at radius 1 is 1.14 bits per heavy atom. The van der Waals surface area contributed by atoms with Gasteiger partial charge in [0.15, 0.2) is 0 Å². The van der Waals surface area contributed by atoms with Gasteiger partial charge in [-0.25, -0.2) is 4.98 Å². The van der Waals surface area contributed by atoms with Gasteiger partial charge in [0.05, 0.1) is 10.5 Å². The summed E-state index contributed by atoms with van der Waals surface area (Å²) in [6.07, 6.45) is 1.19. The van der Waals surface area contributed by atoms with E-state index in [4.69, 9.17) is 0 Å². The van der Waals surface area contributed by atoms with Crippen molar-refractivity contribution >= 4 is 22.7 Å². The number of hydrogen-bond donors (Lipinski definition) is 0. The quantitative estimate of drug-likeness (QED) is 0.705. The highest BCUT2D eigenvalue weighted by Crippen LogP contribution is 2.20. The summed E-state index contributed by atoms with van der Waals surface area (Å²) in [7, 11) is 0. The van der Waals surface area contributed by atoms with Gasteiger partial charge in [0.1, 0.15) is 0 Å². The van der Waals surface area contributed by atoms with Crippen LogP contribution < -0.4 is 0 Å². The molecule has 0 N–H and O–H groups in total. The van der Waals surface area contributed by atoms with Crippen LogP contribution in [0.5, 0.6) is 0 Å². The molecule has 0 aliphatic heterocycles. The number of aromatic nitrogens is 1. The van der Waals surface area contributed by atoms with E-state index < -0.39 is 0 Å². The standard InChI is InChI=1S/C12H13NS/c1-2-9-14-12-8-7-10-5-3-4-6-11(10)13-12/h3-8H,2,9H2,1H3. The molecule has 0 saturated carbocycles. The molecule has 0 unspecified atom stereocenters. The lowest BCUT2D eigenvalue weighted by atomic mass is 10.2. The minimum absolute atomic E-state index is 1.09. The lowest BCUT2D eigenvalue weighted by Crippen LogP contribution is -1.83. The Bertz CT molecular complexity index is 425. The normalized spacial score (nSPS) is 10.6. The predicted molar refractivity (Wildman–Crippen MR) is 62.8 cm³/mol. The van der Waals surface area contributed by atoms with Gasteiger partial charge in [-0.3, -0.25) is 0 Å². The van der Waals surface area contributed by atoms with Crippen molar-refractivity contribution in [2.24, 2.45) is 0 Å². The third-order valence-corrected chi connectivity index (χ3v) is 3.16. The van der Waals surface area contributed by atoms with Crippen molar-refractivity contribution in [1.29, 1.82) is 0 Å². The first kappa shape index (κ1) is 9.53. The van der Waals surface area contributed by atoms with E-state index in [1.54, 1.807) is 0 Å². The summed E-state index contributed by atoms with van der Waals surface area (Å²) in [6.45, 7) is 2.19. The van der Waals surface area contributed by atoms with Crippen molar-refractivity contribution in [3.63, 3.8) is 0 Å². The molecule has 0 amide bonds. The van der Waals surface area contributed by atoms with Gasteiger partial charge in [0, 0.05) is 5.39 Å². The Labute approximate surface area is 88.6 Å². The van der Waals surface area contributed by atoms with Crippen LogP contribution in [0.1, 0.15) is 13.3 Å². The molecule has 0 spiro atoms. The van der Waals surface area contributed by atoms with Gasteiger partial charge in [-0.2, -0.15) is 0 Å². The molecule has 1 aromatic carbocycles. The van der Waals surface area contributed by atoms with Crippen LogP contribution in [0.4, 0.5) is 0 Å². The van der Waals surface area contributed by atoms with E-state index in [1.807, 2.05) is 23.9 Å². The zero-order chi connectivity index (χ0) is 9.80. The Morgan fingerprint density at radius 3 is 2.86 bits per heavy atom. The van der Waals surface area contributed by atoms with Gasteiger partial charge in [0.25, 0.3) is 0 Å². The average Bonchev–Trinajstić information content (AvgIpc) is 2.26. The minimum Gasteiger partial charge on any atom is -0.241 e. The van der Waals surface area contributed by atoms with Crippen molar-refractivity contribution in [2.75, 3.05) is 5.75 Å². The fourth-order valence-electron chi connectivity index (χ4n) is 1.33. The van der Waals surface area contributed by atoms with Gasteiger partial charge in [-0.1, -0.05) is 31.2 Å². The number of para-hydroxylation sites is 1. The van der Waals surface area contributed by atoms with E-state index in [9.17, 15) is 0 Å². The fraction of sp³-hybridized carbons (Fsp3) is 0.250. The summed E-state index contributed by atoms with van der Waals surface area (Å²) in [6, 6.07) is 12.5. The maximum absolute atomic E-state index is 4.58. The summed E-state index contributed by atoms with van der Waals surface area (Å²) in [5.41, 5.74) is 1.09. The van der Waals surface area contributed by atoms with Crippen LogP contribution in [-0.4, -0.2) is 10.7 Å². The summed E-state index contributed by atoms with van der Waals surface area (Å²) in [5, 5.41) is 2.35. The minimum atomic E-state index is 1.09. The van der Waals surface area contributed by atoms with E-state index in [1.165, 1.54) is 11.8 Å². The van der Waals surface area contributed by atoms with Crippen LogP contribution in [0.15, 0.2) is 41.4 Å². The number of nitrogens with zero attached hydrogens (tertiary/aromatic N) is 1. The van der Waals surface area contributed by atoms with Crippen LogP contribution in [0, 0.1) is 0 Å². The van der Waals surface area contributed by atoms with Gasteiger partial charge >= 0.3 is 0 Å². The Morgan fingerprint density at radius 2 is 2.00 bits per heavy atom. The number of rotatable bonds is 3. The molecular weight excluding hydrogens is 190 g/mol. The molecular formula is C12H13NS. The van der Waals surface area contributed by atoms with Gasteiger partial charge in [0.2, 0.25) is 0 Å². The van der Waals surface area contributed by atoms with E-state index in [2.05, 4.69) is 36.2 Å². The molecule has 0 bridgehead atoms. The predicted octanol–water partition coefficient (Wildman–Crippen LogP) is 3.74. The highest BCUT2D eigenvalue weighted by Gasteiger charge is 1.97. The molecule has 2 heteroatoms. The highest BCUT2D eigenvalue weighted by molar-refractivity contribution is 7.99. The van der Waals surface area contributed by atoms with Crippen molar-refractivity contribution < 1.29 is 0 Å². The van der Waals surface area contributed by atoms with Crippen LogP contribution in [0.3, 0.4) is 0 Å². The van der Waals surface area contributed by atoms with E-state index in [0.717, 1.165) is 16.3 Å². The van der Waals surface area contributed by atoms with Crippen molar-refractivity contribution in [3.8, 4) is 0 Å². The molecule has 0 fully saturated rings. The second-order valence-electron chi connectivity index (χ2n) is 3.19. The lowest BCUT2D eigenvalue weighted by molar-refractivity contribution is 1.09. The Hall–Kier alpha value is -1.02. The number of hydrogen-bond acceptors (Lipinski definition) is 2. The summed E-state index contributed by atoms with van der Waals surface area (Å²) in [5.74, 6) is 1.14. The maximum atomic E-state index is 4.58. The zero-order valence-corrected chi connectivity index (χ0v) is 9.05. The monoisotopic (exact) mass is 203 g/mol. The zero-order valence-electron chi connectivity index (χ0n) is 8.23. The molecule has 1 nitrogen and oxygen atoms in total. The van der Waals surface area contributed by atoms with Crippen molar-refractivity contribution in [2.45, 2.75) is 18.4 Å². The van der Waals surface area contributed by atoms with Crippen LogP contribution in [0.2, 0.25) is 0 Å².